The number of nitrogens with two attached hydrogens (primary N) is 1. The number of rotatable bonds is 3. The molecule has 0 aliphatic carbocycles. The van der Waals surface area contributed by atoms with Crippen LogP contribution in [-0.2, 0) is 4.74 Å². The van der Waals surface area contributed by atoms with Crippen molar-refractivity contribution in [2.75, 3.05) is 26.2 Å². The van der Waals surface area contributed by atoms with Crippen LogP contribution in [-0.4, -0.2) is 42.8 Å². The van der Waals surface area contributed by atoms with Crippen LogP contribution in [0.2, 0.25) is 0 Å². The molecule has 0 saturated carbocycles. The molecule has 2 unspecified atom stereocenters. The molecule has 0 bridgehead atoms. The molecule has 1 heterocycles. The molecule has 3 heteroatoms. The molecule has 1 saturated heterocycles. The molecule has 0 spiro atoms. The molecular weight excluding hydrogens is 188 g/mol. The van der Waals surface area contributed by atoms with Gasteiger partial charge < -0.3 is 10.5 Å². The number of hydrogen-bond donors (Lipinski definition) is 1. The van der Waals surface area contributed by atoms with Crippen LogP contribution in [0.1, 0.15) is 34.1 Å². The summed E-state index contributed by atoms with van der Waals surface area (Å²) in [6.07, 6.45) is 1.16. The van der Waals surface area contributed by atoms with E-state index in [1.54, 1.807) is 0 Å². The predicted octanol–water partition coefficient (Wildman–Crippen LogP) is 1.47. The van der Waals surface area contributed by atoms with Gasteiger partial charge in [0.25, 0.3) is 0 Å². The number of ether oxygens (including phenoxy) is 1. The van der Waals surface area contributed by atoms with Crippen LogP contribution in [0.4, 0.5) is 0 Å². The third kappa shape index (κ3) is 5.50. The maximum absolute atomic E-state index is 5.99. The summed E-state index contributed by atoms with van der Waals surface area (Å²) < 4.78 is 5.72. The first-order valence-corrected chi connectivity index (χ1v) is 5.99. The highest BCUT2D eigenvalue weighted by atomic mass is 16.5. The van der Waals surface area contributed by atoms with E-state index in [4.69, 9.17) is 10.5 Å². The lowest BCUT2D eigenvalue weighted by atomic mass is 9.97. The summed E-state index contributed by atoms with van der Waals surface area (Å²) in [4.78, 5) is 2.42. The third-order valence-electron chi connectivity index (χ3n) is 2.71. The molecule has 1 aliphatic rings. The molecule has 1 aliphatic heterocycles. The fraction of sp³-hybridized carbons (Fsp3) is 1.00. The second-order valence-electron chi connectivity index (χ2n) is 5.82. The first-order valence-electron chi connectivity index (χ1n) is 5.99. The van der Waals surface area contributed by atoms with Gasteiger partial charge in [0.1, 0.15) is 0 Å². The fourth-order valence-electron chi connectivity index (χ4n) is 2.18. The molecule has 0 radical (unpaired) electrons. The lowest BCUT2D eigenvalue weighted by Gasteiger charge is -2.35. The average Bonchev–Trinajstić information content (AvgIpc) is 1.99. The molecule has 2 N–H and O–H groups in total. The maximum atomic E-state index is 5.99. The summed E-state index contributed by atoms with van der Waals surface area (Å²) in [6, 6.07) is 0.350. The Balaban J connectivity index is 2.21. The van der Waals surface area contributed by atoms with Gasteiger partial charge in [-0.2, -0.15) is 0 Å². The van der Waals surface area contributed by atoms with Gasteiger partial charge in [-0.15, -0.1) is 0 Å². The number of nitrogens with zero attached hydrogens (tertiary/aromatic N) is 1. The number of likely N-dealkylation sites (tertiary alicyclic amines) is 1. The SMILES string of the molecule is CC1CC(N)CN(CCOC(C)(C)C)C1. The summed E-state index contributed by atoms with van der Waals surface area (Å²) in [5.74, 6) is 0.725. The quantitative estimate of drug-likeness (QED) is 0.773. The number of piperidine rings is 1. The normalized spacial score (nSPS) is 29.4. The van der Waals surface area contributed by atoms with E-state index in [-0.39, 0.29) is 5.60 Å². The Kier molecular flexibility index (Phi) is 4.56. The van der Waals surface area contributed by atoms with Crippen LogP contribution in [0.25, 0.3) is 0 Å². The van der Waals surface area contributed by atoms with Crippen molar-refractivity contribution in [2.24, 2.45) is 11.7 Å². The Hall–Kier alpha value is -0.120. The summed E-state index contributed by atoms with van der Waals surface area (Å²) >= 11 is 0. The standard InChI is InChI=1S/C12H26N2O/c1-10-7-11(13)9-14(8-10)5-6-15-12(2,3)4/h10-11H,5-9,13H2,1-4H3. The lowest BCUT2D eigenvalue weighted by Crippen LogP contribution is -2.47. The second-order valence-corrected chi connectivity index (χ2v) is 5.82. The Morgan fingerprint density at radius 1 is 1.33 bits per heavy atom. The average molecular weight is 214 g/mol. The Morgan fingerprint density at radius 2 is 2.00 bits per heavy atom. The molecule has 2 atom stereocenters. The predicted molar refractivity (Wildman–Crippen MR) is 63.9 cm³/mol. The lowest BCUT2D eigenvalue weighted by molar-refractivity contribution is -0.0175. The van der Waals surface area contributed by atoms with Crippen LogP contribution in [0, 0.1) is 5.92 Å². The maximum Gasteiger partial charge on any atom is 0.0600 e. The van der Waals surface area contributed by atoms with Crippen LogP contribution >= 0.6 is 0 Å². The molecule has 90 valence electrons. The zero-order valence-electron chi connectivity index (χ0n) is 10.6. The third-order valence-corrected chi connectivity index (χ3v) is 2.71. The fourth-order valence-corrected chi connectivity index (χ4v) is 2.18. The van der Waals surface area contributed by atoms with Crippen LogP contribution in [0.3, 0.4) is 0 Å². The topological polar surface area (TPSA) is 38.5 Å². The molecule has 3 nitrogen and oxygen atoms in total. The van der Waals surface area contributed by atoms with Crippen molar-refractivity contribution in [3.63, 3.8) is 0 Å². The molecule has 0 aromatic rings. The van der Waals surface area contributed by atoms with E-state index >= 15 is 0 Å². The van der Waals surface area contributed by atoms with Gasteiger partial charge in [-0.3, -0.25) is 4.90 Å². The highest BCUT2D eigenvalue weighted by Gasteiger charge is 2.22. The highest BCUT2D eigenvalue weighted by molar-refractivity contribution is 4.79. The monoisotopic (exact) mass is 214 g/mol. The van der Waals surface area contributed by atoms with E-state index in [1.807, 2.05) is 0 Å². The molecule has 15 heavy (non-hydrogen) atoms. The van der Waals surface area contributed by atoms with Gasteiger partial charge in [-0.05, 0) is 33.1 Å². The highest BCUT2D eigenvalue weighted by Crippen LogP contribution is 2.15. The van der Waals surface area contributed by atoms with Gasteiger partial charge in [0.2, 0.25) is 0 Å². The zero-order chi connectivity index (χ0) is 11.5. The van der Waals surface area contributed by atoms with Crippen molar-refractivity contribution in [2.45, 2.75) is 45.8 Å². The largest absolute Gasteiger partial charge is 0.375 e. The molecule has 0 amide bonds. The van der Waals surface area contributed by atoms with Gasteiger partial charge in [0, 0.05) is 25.7 Å². The van der Waals surface area contributed by atoms with Gasteiger partial charge >= 0.3 is 0 Å². The molecule has 1 fully saturated rings. The first kappa shape index (κ1) is 12.9. The van der Waals surface area contributed by atoms with E-state index in [2.05, 4.69) is 32.6 Å². The Labute approximate surface area is 94.0 Å². The first-order chi connectivity index (χ1) is 6.87. The van der Waals surface area contributed by atoms with Gasteiger partial charge in [-0.25, -0.2) is 0 Å². The van der Waals surface area contributed by atoms with Crippen molar-refractivity contribution in [3.8, 4) is 0 Å². The number of hydrogen-bond acceptors (Lipinski definition) is 3. The Morgan fingerprint density at radius 3 is 2.53 bits per heavy atom. The molecular formula is C12H26N2O. The van der Waals surface area contributed by atoms with Crippen LogP contribution < -0.4 is 5.73 Å². The second kappa shape index (κ2) is 5.28. The van der Waals surface area contributed by atoms with E-state index in [9.17, 15) is 0 Å². The Bertz CT molecular complexity index is 179. The van der Waals surface area contributed by atoms with Crippen molar-refractivity contribution in [1.82, 2.24) is 4.90 Å². The minimum Gasteiger partial charge on any atom is -0.375 e. The molecule has 1 rings (SSSR count). The molecule has 0 aromatic carbocycles. The van der Waals surface area contributed by atoms with E-state index in [1.165, 1.54) is 6.54 Å². The minimum atomic E-state index is -0.0243. The van der Waals surface area contributed by atoms with Crippen LogP contribution in [0.15, 0.2) is 0 Å². The molecule has 0 aromatic heterocycles. The van der Waals surface area contributed by atoms with E-state index in [0.29, 0.717) is 6.04 Å². The van der Waals surface area contributed by atoms with E-state index in [0.717, 1.165) is 32.0 Å². The van der Waals surface area contributed by atoms with Crippen LogP contribution in [0.5, 0.6) is 0 Å². The van der Waals surface area contributed by atoms with Crippen molar-refractivity contribution in [3.05, 3.63) is 0 Å². The van der Waals surface area contributed by atoms with Gasteiger partial charge in [0.05, 0.1) is 12.2 Å². The summed E-state index contributed by atoms with van der Waals surface area (Å²) in [5, 5.41) is 0. The van der Waals surface area contributed by atoms with E-state index < -0.39 is 0 Å². The summed E-state index contributed by atoms with van der Waals surface area (Å²) in [6.45, 7) is 12.6. The minimum absolute atomic E-state index is 0.0243. The summed E-state index contributed by atoms with van der Waals surface area (Å²) in [5.41, 5.74) is 5.97. The smallest absolute Gasteiger partial charge is 0.0600 e. The zero-order valence-corrected chi connectivity index (χ0v) is 10.6. The van der Waals surface area contributed by atoms with Crippen molar-refractivity contribution >= 4 is 0 Å². The summed E-state index contributed by atoms with van der Waals surface area (Å²) in [7, 11) is 0. The van der Waals surface area contributed by atoms with Gasteiger partial charge in [0.15, 0.2) is 0 Å². The van der Waals surface area contributed by atoms with Gasteiger partial charge in [-0.1, -0.05) is 6.92 Å². The van der Waals surface area contributed by atoms with Crippen molar-refractivity contribution in [1.29, 1.82) is 0 Å². The van der Waals surface area contributed by atoms with Crippen molar-refractivity contribution < 1.29 is 4.74 Å².